The Morgan fingerprint density at radius 1 is 0.724 bits per heavy atom. The fourth-order valence-corrected chi connectivity index (χ4v) is 13.7. The molecule has 0 saturated carbocycles. The van der Waals surface area contributed by atoms with Gasteiger partial charge in [-0.05, 0) is 39.6 Å². The molecule has 5 nitrogen and oxygen atoms in total. The Morgan fingerprint density at radius 3 is 1.55 bits per heavy atom. The van der Waals surface area contributed by atoms with Crippen LogP contribution in [0.2, 0.25) is 0 Å². The number of hydrogen-bond acceptors (Lipinski definition) is 4. The molecule has 14 heteroatoms. The average molecular weight is 496 g/mol. The van der Waals surface area contributed by atoms with E-state index in [1.807, 2.05) is 6.92 Å². The molecule has 0 unspecified atom stereocenters. The lowest BCUT2D eigenvalue weighted by Crippen LogP contribution is -2.52. The van der Waals surface area contributed by atoms with Gasteiger partial charge in [-0.3, -0.25) is 0 Å². The summed E-state index contributed by atoms with van der Waals surface area (Å²) in [6.45, 7) is 1.98. The van der Waals surface area contributed by atoms with Crippen LogP contribution in [0.4, 0.5) is 26.3 Å². The van der Waals surface area contributed by atoms with E-state index in [0.29, 0.717) is 19.3 Å². The summed E-state index contributed by atoms with van der Waals surface area (Å²) in [7, 11) is -16.8. The highest BCUT2D eigenvalue weighted by Crippen LogP contribution is 2.61. The van der Waals surface area contributed by atoms with Crippen LogP contribution in [-0.4, -0.2) is 48.2 Å². The van der Waals surface area contributed by atoms with Crippen LogP contribution in [0.5, 0.6) is 0 Å². The van der Waals surface area contributed by atoms with E-state index in [-0.39, 0.29) is 36.5 Å². The first-order chi connectivity index (χ1) is 13.1. The maximum Gasteiger partial charge on any atom is 0.513 e. The minimum Gasteiger partial charge on any atom is -0.201 e. The zero-order chi connectivity index (χ0) is 22.6. The minimum absolute atomic E-state index is 0.177. The summed E-state index contributed by atoms with van der Waals surface area (Å²) in [6.07, 6.45) is 4.93. The highest BCUT2D eigenvalue weighted by atomic mass is 32.4. The van der Waals surface area contributed by atoms with Gasteiger partial charge in [-0.2, -0.15) is 36.6 Å². The molecule has 1 saturated heterocycles. The minimum atomic E-state index is -6.73. The first-order valence-electron chi connectivity index (χ1n) is 9.33. The summed E-state index contributed by atoms with van der Waals surface area (Å²) < 4.78 is 126. The van der Waals surface area contributed by atoms with E-state index < -0.39 is 44.4 Å². The maximum atomic E-state index is 13.2. The lowest BCUT2D eigenvalue weighted by Gasteiger charge is -2.49. The third kappa shape index (κ3) is 6.16. The van der Waals surface area contributed by atoms with Crippen molar-refractivity contribution in [3.05, 3.63) is 0 Å². The molecule has 1 rings (SSSR count). The van der Waals surface area contributed by atoms with Crippen LogP contribution in [0.3, 0.4) is 0 Å². The Balaban J connectivity index is 3.39. The van der Waals surface area contributed by atoms with Crippen molar-refractivity contribution < 1.29 is 43.2 Å². The molecule has 0 aromatic carbocycles. The van der Waals surface area contributed by atoms with Crippen molar-refractivity contribution in [3.8, 4) is 0 Å². The number of nitrogens with zero attached hydrogens (tertiary/aromatic N) is 1. The molecule has 1 aliphatic rings. The molecule has 0 amide bonds. The van der Waals surface area contributed by atoms with E-state index in [1.54, 1.807) is 0 Å². The van der Waals surface area contributed by atoms with Gasteiger partial charge in [0.05, 0.1) is 0 Å². The van der Waals surface area contributed by atoms with Crippen molar-refractivity contribution >= 4 is 30.3 Å². The second-order valence-electron chi connectivity index (χ2n) is 7.01. The Morgan fingerprint density at radius 2 is 1.14 bits per heavy atom. The largest absolute Gasteiger partial charge is 0.513 e. The fraction of sp³-hybridized carbons (Fsp3) is 1.00. The lowest BCUT2D eigenvalue weighted by molar-refractivity contribution is -0.0505. The van der Waals surface area contributed by atoms with Crippen molar-refractivity contribution in [2.45, 2.75) is 75.7 Å². The standard InChI is InChI=1S/C15H27F6NO4S3/c1-2-3-4-5-6-8-11-27(12-9-7-10-13-27)22(28(23,24)14(16,17)18)29(25,26)15(19,20)21/h2-13H2,1H3. The molecule has 0 N–H and O–H groups in total. The molecule has 1 heterocycles. The molecular formula is C15H27F6NO4S3. The highest BCUT2D eigenvalue weighted by Gasteiger charge is 2.66. The van der Waals surface area contributed by atoms with Crippen LogP contribution in [0, 0.1) is 0 Å². The van der Waals surface area contributed by atoms with E-state index in [1.165, 1.54) is 0 Å². The van der Waals surface area contributed by atoms with Gasteiger partial charge in [0.15, 0.2) is 0 Å². The molecule has 29 heavy (non-hydrogen) atoms. The second kappa shape index (κ2) is 9.94. The van der Waals surface area contributed by atoms with Crippen molar-refractivity contribution in [2.24, 2.45) is 0 Å². The maximum absolute atomic E-state index is 13.2. The van der Waals surface area contributed by atoms with Gasteiger partial charge >= 0.3 is 31.1 Å². The van der Waals surface area contributed by atoms with Gasteiger partial charge in [0.25, 0.3) is 0 Å². The van der Waals surface area contributed by atoms with Crippen molar-refractivity contribution in [1.29, 1.82) is 0 Å². The molecule has 0 aromatic rings. The van der Waals surface area contributed by atoms with Gasteiger partial charge in [0.2, 0.25) is 0 Å². The first-order valence-corrected chi connectivity index (χ1v) is 14.3. The monoisotopic (exact) mass is 495 g/mol. The molecule has 176 valence electrons. The predicted octanol–water partition coefficient (Wildman–Crippen LogP) is 5.25. The molecule has 0 aromatic heterocycles. The summed E-state index contributed by atoms with van der Waals surface area (Å²) in [5, 5.41) is 0. The van der Waals surface area contributed by atoms with Crippen LogP contribution >= 0.6 is 10.2 Å². The third-order valence-electron chi connectivity index (χ3n) is 4.72. The van der Waals surface area contributed by atoms with Gasteiger partial charge in [0.1, 0.15) is 0 Å². The summed E-state index contributed by atoms with van der Waals surface area (Å²) in [6, 6.07) is 0. The van der Waals surface area contributed by atoms with Gasteiger partial charge in [-0.25, -0.2) is 16.8 Å². The molecule has 0 aliphatic carbocycles. The molecule has 0 spiro atoms. The number of sulfonamides is 2. The van der Waals surface area contributed by atoms with Crippen LogP contribution in [0.15, 0.2) is 0 Å². The van der Waals surface area contributed by atoms with E-state index in [4.69, 9.17) is 0 Å². The van der Waals surface area contributed by atoms with Crippen molar-refractivity contribution in [3.63, 3.8) is 0 Å². The smallest absolute Gasteiger partial charge is 0.201 e. The molecular weight excluding hydrogens is 468 g/mol. The number of alkyl halides is 6. The number of rotatable bonds is 10. The normalized spacial score (nSPS) is 20.0. The van der Waals surface area contributed by atoms with Crippen LogP contribution in [0.25, 0.3) is 0 Å². The second-order valence-corrected chi connectivity index (χ2v) is 14.8. The predicted molar refractivity (Wildman–Crippen MR) is 101 cm³/mol. The van der Waals surface area contributed by atoms with E-state index in [0.717, 1.165) is 19.3 Å². The highest BCUT2D eigenvalue weighted by molar-refractivity contribution is 8.41. The summed E-state index contributed by atoms with van der Waals surface area (Å²) in [5.41, 5.74) is -12.3. The Kier molecular flexibility index (Phi) is 9.20. The quantitative estimate of drug-likeness (QED) is 0.307. The topological polar surface area (TPSA) is 71.5 Å². The molecule has 1 fully saturated rings. The van der Waals surface area contributed by atoms with Gasteiger partial charge in [-0.1, -0.05) is 45.4 Å². The van der Waals surface area contributed by atoms with Gasteiger partial charge < -0.3 is 0 Å². The Labute approximate surface area is 169 Å². The first kappa shape index (κ1) is 26.8. The Hall–Kier alpha value is -0.210. The van der Waals surface area contributed by atoms with Gasteiger partial charge in [-0.15, -0.1) is 0 Å². The third-order valence-corrected chi connectivity index (χ3v) is 14.7. The summed E-state index contributed by atoms with van der Waals surface area (Å²) >= 11 is 0. The zero-order valence-electron chi connectivity index (χ0n) is 16.1. The lowest BCUT2D eigenvalue weighted by atomic mass is 10.1. The molecule has 1 aliphatic heterocycles. The number of unbranched alkanes of at least 4 members (excludes halogenated alkanes) is 5. The SMILES string of the molecule is CCCCCCCCS1(N(S(=O)(=O)C(F)(F)F)S(=O)(=O)C(F)(F)F)CCCCC1. The van der Waals surface area contributed by atoms with Crippen LogP contribution < -0.4 is 0 Å². The number of halogens is 6. The van der Waals surface area contributed by atoms with E-state index >= 15 is 0 Å². The van der Waals surface area contributed by atoms with Crippen molar-refractivity contribution in [1.82, 2.24) is 3.12 Å². The van der Waals surface area contributed by atoms with E-state index in [9.17, 15) is 43.2 Å². The number of hydrogen-bond donors (Lipinski definition) is 0. The van der Waals surface area contributed by atoms with Crippen LogP contribution in [0.1, 0.15) is 64.7 Å². The molecule has 0 atom stereocenters. The van der Waals surface area contributed by atoms with Crippen molar-refractivity contribution in [2.75, 3.05) is 17.3 Å². The van der Waals surface area contributed by atoms with Gasteiger partial charge in [0, 0.05) is 0 Å². The zero-order valence-corrected chi connectivity index (χ0v) is 18.5. The Bertz CT molecular complexity index is 684. The molecule has 0 bridgehead atoms. The summed E-state index contributed by atoms with van der Waals surface area (Å²) in [5.74, 6) is -0.858. The molecule has 0 radical (unpaired) electrons. The summed E-state index contributed by atoms with van der Waals surface area (Å²) in [4.78, 5) is 0. The average Bonchev–Trinajstić information content (AvgIpc) is 2.56. The van der Waals surface area contributed by atoms with E-state index in [2.05, 4.69) is 0 Å². The van der Waals surface area contributed by atoms with Crippen LogP contribution in [-0.2, 0) is 20.0 Å². The fourth-order valence-electron chi connectivity index (χ4n) is 3.31.